The average molecular weight is 344 g/mol. The Morgan fingerprint density at radius 1 is 1.20 bits per heavy atom. The molecular formula is C18H24N4O3. The molecule has 0 unspecified atom stereocenters. The van der Waals surface area contributed by atoms with E-state index in [2.05, 4.69) is 10.00 Å². The highest BCUT2D eigenvalue weighted by Gasteiger charge is 2.25. The van der Waals surface area contributed by atoms with Crippen LogP contribution in [0.3, 0.4) is 0 Å². The minimum absolute atomic E-state index is 0.00999. The van der Waals surface area contributed by atoms with E-state index >= 15 is 0 Å². The molecule has 25 heavy (non-hydrogen) atoms. The van der Waals surface area contributed by atoms with Crippen LogP contribution in [0, 0.1) is 0 Å². The van der Waals surface area contributed by atoms with Crippen molar-refractivity contribution in [2.75, 3.05) is 32.7 Å². The van der Waals surface area contributed by atoms with Crippen molar-refractivity contribution in [3.05, 3.63) is 40.7 Å². The van der Waals surface area contributed by atoms with Crippen LogP contribution in [0.5, 0.6) is 0 Å². The fraction of sp³-hybridized carbons (Fsp3) is 0.500. The van der Waals surface area contributed by atoms with Gasteiger partial charge in [-0.2, -0.15) is 5.10 Å². The van der Waals surface area contributed by atoms with Crippen molar-refractivity contribution in [1.29, 1.82) is 0 Å². The van der Waals surface area contributed by atoms with Crippen molar-refractivity contribution >= 4 is 16.8 Å². The highest BCUT2D eigenvalue weighted by Crippen LogP contribution is 2.11. The van der Waals surface area contributed by atoms with Gasteiger partial charge in [0.25, 0.3) is 0 Å². The van der Waals surface area contributed by atoms with E-state index in [0.29, 0.717) is 30.5 Å². The number of hydrogen-bond donors (Lipinski definition) is 1. The van der Waals surface area contributed by atoms with Crippen LogP contribution in [-0.4, -0.2) is 68.9 Å². The number of fused-ring (bicyclic) bond motifs is 1. The first-order chi connectivity index (χ1) is 11.8. The highest BCUT2D eigenvalue weighted by molar-refractivity contribution is 5.81. The fourth-order valence-electron chi connectivity index (χ4n) is 3.22. The van der Waals surface area contributed by atoms with Gasteiger partial charge in [-0.1, -0.05) is 12.1 Å². The van der Waals surface area contributed by atoms with Gasteiger partial charge in [-0.25, -0.2) is 0 Å². The first-order valence-corrected chi connectivity index (χ1v) is 8.51. The zero-order chi connectivity index (χ0) is 18.0. The highest BCUT2D eigenvalue weighted by atomic mass is 16.3. The first-order valence-electron chi connectivity index (χ1n) is 8.51. The molecule has 2 heterocycles. The Kier molecular flexibility index (Phi) is 4.87. The molecule has 7 heteroatoms. The number of β-amino-alcohol motifs (C(OH)–C–C–N with tert-alkyl or cyclic N) is 1. The SMILES string of the molecule is CC(C)(O)CN1CCN(C(=O)Cn2ncc(=O)c3ccccc32)CC1. The van der Waals surface area contributed by atoms with Crippen molar-refractivity contribution < 1.29 is 9.90 Å². The van der Waals surface area contributed by atoms with Crippen LogP contribution in [0.2, 0.25) is 0 Å². The van der Waals surface area contributed by atoms with E-state index in [1.807, 2.05) is 11.0 Å². The lowest BCUT2D eigenvalue weighted by molar-refractivity contribution is -0.134. The fourth-order valence-corrected chi connectivity index (χ4v) is 3.22. The summed E-state index contributed by atoms with van der Waals surface area (Å²) in [6.45, 7) is 7.05. The van der Waals surface area contributed by atoms with Gasteiger partial charge in [0.2, 0.25) is 11.3 Å². The third kappa shape index (κ3) is 4.24. The van der Waals surface area contributed by atoms with Crippen molar-refractivity contribution in [1.82, 2.24) is 19.6 Å². The van der Waals surface area contributed by atoms with E-state index in [1.165, 1.54) is 6.20 Å². The van der Waals surface area contributed by atoms with Gasteiger partial charge >= 0.3 is 0 Å². The summed E-state index contributed by atoms with van der Waals surface area (Å²) in [6, 6.07) is 7.19. The van der Waals surface area contributed by atoms with Gasteiger partial charge < -0.3 is 10.0 Å². The molecule has 1 fully saturated rings. The molecule has 3 rings (SSSR count). The average Bonchev–Trinajstić information content (AvgIpc) is 2.57. The maximum absolute atomic E-state index is 12.6. The number of nitrogens with zero attached hydrogens (tertiary/aromatic N) is 4. The van der Waals surface area contributed by atoms with Crippen LogP contribution < -0.4 is 5.43 Å². The number of amides is 1. The van der Waals surface area contributed by atoms with Crippen molar-refractivity contribution in [2.45, 2.75) is 26.0 Å². The third-order valence-electron chi connectivity index (χ3n) is 4.38. The summed E-state index contributed by atoms with van der Waals surface area (Å²) in [7, 11) is 0. The number of rotatable bonds is 4. The lowest BCUT2D eigenvalue weighted by atomic mass is 10.1. The molecule has 0 spiro atoms. The van der Waals surface area contributed by atoms with Gasteiger partial charge in [0.05, 0.1) is 17.3 Å². The predicted octanol–water partition coefficient (Wildman–Crippen LogP) is 0.312. The molecule has 1 saturated heterocycles. The molecule has 2 aromatic rings. The van der Waals surface area contributed by atoms with Crippen LogP contribution in [0.25, 0.3) is 10.9 Å². The zero-order valence-corrected chi connectivity index (χ0v) is 14.7. The van der Waals surface area contributed by atoms with E-state index in [4.69, 9.17) is 0 Å². The molecule has 0 radical (unpaired) electrons. The van der Waals surface area contributed by atoms with Crippen LogP contribution in [0.15, 0.2) is 35.3 Å². The Morgan fingerprint density at radius 3 is 2.56 bits per heavy atom. The molecule has 134 valence electrons. The second-order valence-electron chi connectivity index (χ2n) is 7.15. The first kappa shape index (κ1) is 17.6. The minimum atomic E-state index is -0.731. The number of aliphatic hydroxyl groups is 1. The Labute approximate surface area is 146 Å². The second kappa shape index (κ2) is 6.93. The quantitative estimate of drug-likeness (QED) is 0.864. The molecule has 1 aromatic heterocycles. The molecule has 1 N–H and O–H groups in total. The number of hydrogen-bond acceptors (Lipinski definition) is 5. The lowest BCUT2D eigenvalue weighted by Crippen LogP contribution is -2.52. The van der Waals surface area contributed by atoms with Crippen LogP contribution in [0.4, 0.5) is 0 Å². The number of aromatic nitrogens is 2. The summed E-state index contributed by atoms with van der Waals surface area (Å²) in [5.74, 6) is -0.00999. The van der Waals surface area contributed by atoms with Gasteiger partial charge in [-0.15, -0.1) is 0 Å². The van der Waals surface area contributed by atoms with Crippen molar-refractivity contribution in [3.63, 3.8) is 0 Å². The van der Waals surface area contributed by atoms with E-state index in [0.717, 1.165) is 13.1 Å². The summed E-state index contributed by atoms with van der Waals surface area (Å²) < 4.78 is 1.59. The summed E-state index contributed by atoms with van der Waals surface area (Å²) in [5.41, 5.74) is -0.200. The molecule has 0 aliphatic carbocycles. The normalized spacial score (nSPS) is 16.4. The zero-order valence-electron chi connectivity index (χ0n) is 14.7. The van der Waals surface area contributed by atoms with Crippen LogP contribution in [-0.2, 0) is 11.3 Å². The number of para-hydroxylation sites is 1. The van der Waals surface area contributed by atoms with Gasteiger partial charge in [-0.3, -0.25) is 19.2 Å². The summed E-state index contributed by atoms with van der Waals surface area (Å²) in [5, 5.41) is 14.6. The Morgan fingerprint density at radius 2 is 1.88 bits per heavy atom. The second-order valence-corrected chi connectivity index (χ2v) is 7.15. The molecule has 1 amide bonds. The number of carbonyl (C=O) groups is 1. The number of carbonyl (C=O) groups excluding carboxylic acids is 1. The molecule has 0 atom stereocenters. The molecule has 7 nitrogen and oxygen atoms in total. The molecule has 0 bridgehead atoms. The lowest BCUT2D eigenvalue weighted by Gasteiger charge is -2.37. The van der Waals surface area contributed by atoms with Gasteiger partial charge in [0, 0.05) is 38.1 Å². The summed E-state index contributed by atoms with van der Waals surface area (Å²) in [6.07, 6.45) is 1.26. The Hall–Kier alpha value is -2.25. The minimum Gasteiger partial charge on any atom is -0.389 e. The standard InChI is InChI=1S/C18H24N4O3/c1-18(2,25)13-20-7-9-21(10-8-20)17(24)12-22-15-6-4-3-5-14(15)16(23)11-19-22/h3-6,11,25H,7-10,12-13H2,1-2H3. The van der Waals surface area contributed by atoms with E-state index in [-0.39, 0.29) is 17.9 Å². The van der Waals surface area contributed by atoms with E-state index in [9.17, 15) is 14.7 Å². The monoisotopic (exact) mass is 344 g/mol. The van der Waals surface area contributed by atoms with E-state index < -0.39 is 5.60 Å². The third-order valence-corrected chi connectivity index (χ3v) is 4.38. The van der Waals surface area contributed by atoms with Crippen molar-refractivity contribution in [3.8, 4) is 0 Å². The molecular weight excluding hydrogens is 320 g/mol. The Balaban J connectivity index is 1.66. The van der Waals surface area contributed by atoms with Crippen LogP contribution >= 0.6 is 0 Å². The van der Waals surface area contributed by atoms with Crippen LogP contribution in [0.1, 0.15) is 13.8 Å². The summed E-state index contributed by atoms with van der Waals surface area (Å²) >= 11 is 0. The summed E-state index contributed by atoms with van der Waals surface area (Å²) in [4.78, 5) is 28.5. The molecule has 1 aliphatic heterocycles. The number of piperazine rings is 1. The largest absolute Gasteiger partial charge is 0.389 e. The molecule has 1 aliphatic rings. The van der Waals surface area contributed by atoms with Gasteiger partial charge in [0.1, 0.15) is 6.54 Å². The van der Waals surface area contributed by atoms with E-state index in [1.54, 1.807) is 36.7 Å². The number of benzene rings is 1. The van der Waals surface area contributed by atoms with Gasteiger partial charge in [0.15, 0.2) is 0 Å². The van der Waals surface area contributed by atoms with Crippen molar-refractivity contribution in [2.24, 2.45) is 0 Å². The topological polar surface area (TPSA) is 78.7 Å². The Bertz CT molecular complexity index is 817. The molecule has 1 aromatic carbocycles. The molecule has 0 saturated carbocycles. The smallest absolute Gasteiger partial charge is 0.244 e. The maximum atomic E-state index is 12.6. The maximum Gasteiger partial charge on any atom is 0.244 e. The van der Waals surface area contributed by atoms with Gasteiger partial charge in [-0.05, 0) is 26.0 Å². The predicted molar refractivity (Wildman–Crippen MR) is 95.3 cm³/mol.